The Morgan fingerprint density at radius 3 is 2.38 bits per heavy atom. The van der Waals surface area contributed by atoms with Gasteiger partial charge < -0.3 is 10.2 Å². The molecule has 2 heterocycles. The third-order valence-electron chi connectivity index (χ3n) is 5.22. The molecule has 0 unspecified atom stereocenters. The number of hydrogen-bond donors (Lipinski definition) is 1. The Hall–Kier alpha value is -3.36. The maximum atomic E-state index is 12.7. The van der Waals surface area contributed by atoms with Crippen LogP contribution in [0.15, 0.2) is 78.1 Å². The first kappa shape index (κ1) is 23.8. The molecule has 0 aliphatic carbocycles. The predicted octanol–water partition coefficient (Wildman–Crippen LogP) is 5.56. The number of carbonyl (C=O) groups is 1. The van der Waals surface area contributed by atoms with Crippen LogP contribution >= 0.6 is 23.4 Å². The lowest BCUT2D eigenvalue weighted by molar-refractivity contribution is -0.113. The highest BCUT2D eigenvalue weighted by Crippen LogP contribution is 2.28. The van der Waals surface area contributed by atoms with Gasteiger partial charge in [0.1, 0.15) is 5.69 Å². The summed E-state index contributed by atoms with van der Waals surface area (Å²) < 4.78 is 1.88. The van der Waals surface area contributed by atoms with E-state index in [4.69, 9.17) is 11.6 Å². The summed E-state index contributed by atoms with van der Waals surface area (Å²) >= 11 is 7.39. The lowest BCUT2D eigenvalue weighted by atomic mass is 10.2. The van der Waals surface area contributed by atoms with Gasteiger partial charge in [-0.1, -0.05) is 29.4 Å². The number of amides is 1. The van der Waals surface area contributed by atoms with Crippen molar-refractivity contribution in [1.29, 1.82) is 0 Å². The number of hydrogen-bond acceptors (Lipinski definition) is 6. The average molecular weight is 493 g/mol. The SMILES string of the molecule is CCN(CC)c1ccc(NC(=O)CSc2nnc(-c3ccccn3)n2-c2ccc(Cl)cc2)cc1. The van der Waals surface area contributed by atoms with Gasteiger partial charge in [-0.2, -0.15) is 0 Å². The van der Waals surface area contributed by atoms with Gasteiger partial charge in [-0.15, -0.1) is 10.2 Å². The van der Waals surface area contributed by atoms with Crippen LogP contribution in [0.4, 0.5) is 11.4 Å². The van der Waals surface area contributed by atoms with E-state index < -0.39 is 0 Å². The first-order chi connectivity index (χ1) is 16.6. The van der Waals surface area contributed by atoms with Gasteiger partial charge in [0, 0.05) is 41.4 Å². The molecule has 4 rings (SSSR count). The topological polar surface area (TPSA) is 75.9 Å². The molecule has 4 aromatic rings. The van der Waals surface area contributed by atoms with Gasteiger partial charge in [-0.3, -0.25) is 14.3 Å². The third kappa shape index (κ3) is 5.58. The molecule has 1 N–H and O–H groups in total. The third-order valence-corrected chi connectivity index (χ3v) is 6.41. The highest BCUT2D eigenvalue weighted by Gasteiger charge is 2.18. The molecule has 0 atom stereocenters. The second kappa shape index (κ2) is 11.2. The van der Waals surface area contributed by atoms with Crippen LogP contribution in [0.3, 0.4) is 0 Å². The van der Waals surface area contributed by atoms with Crippen LogP contribution < -0.4 is 10.2 Å². The van der Waals surface area contributed by atoms with Gasteiger partial charge in [-0.25, -0.2) is 0 Å². The summed E-state index contributed by atoms with van der Waals surface area (Å²) in [4.78, 5) is 19.3. The van der Waals surface area contributed by atoms with E-state index >= 15 is 0 Å². The number of nitrogens with one attached hydrogen (secondary N) is 1. The molecule has 0 aliphatic rings. The largest absolute Gasteiger partial charge is 0.372 e. The second-order valence-corrected chi connectivity index (χ2v) is 8.77. The molecule has 1 amide bonds. The van der Waals surface area contributed by atoms with Crippen LogP contribution in [0, 0.1) is 0 Å². The Balaban J connectivity index is 1.50. The molecule has 0 aliphatic heterocycles. The zero-order chi connectivity index (χ0) is 23.9. The Bertz CT molecular complexity index is 1220. The minimum absolute atomic E-state index is 0.120. The highest BCUT2D eigenvalue weighted by molar-refractivity contribution is 7.99. The van der Waals surface area contributed by atoms with Crippen LogP contribution in [0.25, 0.3) is 17.2 Å². The van der Waals surface area contributed by atoms with Crippen molar-refractivity contribution in [2.45, 2.75) is 19.0 Å². The van der Waals surface area contributed by atoms with Gasteiger partial charge in [0.15, 0.2) is 11.0 Å². The Labute approximate surface area is 208 Å². The smallest absolute Gasteiger partial charge is 0.234 e. The maximum absolute atomic E-state index is 12.7. The minimum Gasteiger partial charge on any atom is -0.372 e. The molecule has 174 valence electrons. The Morgan fingerprint density at radius 1 is 1.00 bits per heavy atom. The average Bonchev–Trinajstić information content (AvgIpc) is 3.29. The van der Waals surface area contributed by atoms with Gasteiger partial charge in [0.2, 0.25) is 5.91 Å². The molecule has 0 saturated carbocycles. The fraction of sp³-hybridized carbons (Fsp3) is 0.200. The maximum Gasteiger partial charge on any atom is 0.234 e. The summed E-state index contributed by atoms with van der Waals surface area (Å²) in [6, 6.07) is 20.9. The molecule has 0 fully saturated rings. The molecule has 2 aromatic carbocycles. The van der Waals surface area contributed by atoms with E-state index in [0.29, 0.717) is 21.7 Å². The van der Waals surface area contributed by atoms with Crippen molar-refractivity contribution >= 4 is 40.6 Å². The predicted molar refractivity (Wildman–Crippen MR) is 139 cm³/mol. The summed E-state index contributed by atoms with van der Waals surface area (Å²) in [6.45, 7) is 6.12. The minimum atomic E-state index is -0.120. The molecule has 0 spiro atoms. The quantitative estimate of drug-likeness (QED) is 0.308. The molecule has 34 heavy (non-hydrogen) atoms. The lowest BCUT2D eigenvalue weighted by Crippen LogP contribution is -2.21. The van der Waals surface area contributed by atoms with E-state index in [9.17, 15) is 4.79 Å². The van der Waals surface area contributed by atoms with Gasteiger partial charge in [-0.05, 0) is 74.5 Å². The first-order valence-electron chi connectivity index (χ1n) is 11.0. The number of nitrogens with zero attached hydrogens (tertiary/aromatic N) is 5. The molecule has 0 saturated heterocycles. The van der Waals surface area contributed by atoms with Crippen LogP contribution in [0.2, 0.25) is 5.02 Å². The second-order valence-electron chi connectivity index (χ2n) is 7.39. The number of thioether (sulfide) groups is 1. The molecular formula is C25H25ClN6OS. The van der Waals surface area contributed by atoms with Crippen LogP contribution in [0.5, 0.6) is 0 Å². The number of carbonyl (C=O) groups excluding carboxylic acids is 1. The van der Waals surface area contributed by atoms with E-state index in [0.717, 1.165) is 30.2 Å². The van der Waals surface area contributed by atoms with Crippen LogP contribution in [0.1, 0.15) is 13.8 Å². The van der Waals surface area contributed by atoms with E-state index in [1.807, 2.05) is 71.3 Å². The number of rotatable bonds is 9. The summed E-state index contributed by atoms with van der Waals surface area (Å²) in [5, 5.41) is 12.9. The van der Waals surface area contributed by atoms with Crippen molar-refractivity contribution in [2.75, 3.05) is 29.1 Å². The zero-order valence-corrected chi connectivity index (χ0v) is 20.6. The normalized spacial score (nSPS) is 10.8. The Morgan fingerprint density at radius 2 is 1.74 bits per heavy atom. The van der Waals surface area contributed by atoms with Crippen molar-refractivity contribution in [3.05, 3.63) is 77.9 Å². The van der Waals surface area contributed by atoms with Crippen molar-refractivity contribution in [2.24, 2.45) is 0 Å². The summed E-state index contributed by atoms with van der Waals surface area (Å²) in [7, 11) is 0. The number of aromatic nitrogens is 4. The molecule has 2 aromatic heterocycles. The Kier molecular flexibility index (Phi) is 7.82. The van der Waals surface area contributed by atoms with Crippen LogP contribution in [-0.4, -0.2) is 44.5 Å². The number of anilines is 2. The molecule has 0 radical (unpaired) electrons. The van der Waals surface area contributed by atoms with Gasteiger partial charge in [0.25, 0.3) is 0 Å². The fourth-order valence-corrected chi connectivity index (χ4v) is 4.40. The molecule has 0 bridgehead atoms. The molecule has 9 heteroatoms. The zero-order valence-electron chi connectivity index (χ0n) is 19.0. The monoisotopic (exact) mass is 492 g/mol. The van der Waals surface area contributed by atoms with E-state index in [2.05, 4.69) is 39.2 Å². The number of halogens is 1. The van der Waals surface area contributed by atoms with E-state index in [1.54, 1.807) is 6.20 Å². The van der Waals surface area contributed by atoms with Crippen LogP contribution in [-0.2, 0) is 4.79 Å². The number of pyridine rings is 1. The summed E-state index contributed by atoms with van der Waals surface area (Å²) in [5.74, 6) is 0.662. The van der Waals surface area contributed by atoms with E-state index in [1.165, 1.54) is 11.8 Å². The van der Waals surface area contributed by atoms with Crippen molar-refractivity contribution in [3.8, 4) is 17.2 Å². The molecule has 7 nitrogen and oxygen atoms in total. The molecular weight excluding hydrogens is 468 g/mol. The van der Waals surface area contributed by atoms with Crippen molar-refractivity contribution < 1.29 is 4.79 Å². The standard InChI is InChI=1S/C25H25ClN6OS/c1-3-31(4-2)20-14-10-19(11-15-20)28-23(33)17-34-25-30-29-24(22-7-5-6-16-27-22)32(25)21-12-8-18(26)9-13-21/h5-16H,3-4,17H2,1-2H3,(H,28,33). The van der Waals surface area contributed by atoms with E-state index in [-0.39, 0.29) is 11.7 Å². The summed E-state index contributed by atoms with van der Waals surface area (Å²) in [6.07, 6.45) is 1.71. The van der Waals surface area contributed by atoms with Crippen molar-refractivity contribution in [1.82, 2.24) is 19.7 Å². The first-order valence-corrected chi connectivity index (χ1v) is 12.4. The lowest BCUT2D eigenvalue weighted by Gasteiger charge is -2.21. The van der Waals surface area contributed by atoms with Crippen molar-refractivity contribution in [3.63, 3.8) is 0 Å². The fourth-order valence-electron chi connectivity index (χ4n) is 3.52. The highest BCUT2D eigenvalue weighted by atomic mass is 35.5. The van der Waals surface area contributed by atoms with Gasteiger partial charge in [0.05, 0.1) is 5.75 Å². The number of benzene rings is 2. The van der Waals surface area contributed by atoms with Gasteiger partial charge >= 0.3 is 0 Å². The summed E-state index contributed by atoms with van der Waals surface area (Å²) in [5.41, 5.74) is 3.42.